The smallest absolute Gasteiger partial charge is 0.337 e. The monoisotopic (exact) mass is 543 g/mol. The molecule has 8 heteroatoms. The van der Waals surface area contributed by atoms with Crippen molar-refractivity contribution in [3.05, 3.63) is 99.6 Å². The molecular formula is C31H33N3O4S. The van der Waals surface area contributed by atoms with Gasteiger partial charge in [0.1, 0.15) is 23.1 Å². The first-order valence-corrected chi connectivity index (χ1v) is 14.1. The van der Waals surface area contributed by atoms with Crippen LogP contribution in [-0.4, -0.2) is 27.0 Å². The molecule has 0 saturated carbocycles. The normalized spacial score (nSPS) is 10.9. The van der Waals surface area contributed by atoms with E-state index in [2.05, 4.69) is 53.4 Å². The molecule has 0 aliphatic carbocycles. The fourth-order valence-electron chi connectivity index (χ4n) is 4.38. The number of rotatable bonds is 13. The molecule has 0 fully saturated rings. The summed E-state index contributed by atoms with van der Waals surface area (Å²) in [6, 6.07) is 19.4. The van der Waals surface area contributed by atoms with Gasteiger partial charge in [0, 0.05) is 17.1 Å². The molecule has 0 saturated heterocycles. The molecule has 0 spiro atoms. The Kier molecular flexibility index (Phi) is 9.80. The average molecular weight is 544 g/mol. The predicted octanol–water partition coefficient (Wildman–Crippen LogP) is 7.10. The van der Waals surface area contributed by atoms with Crippen LogP contribution in [0.3, 0.4) is 0 Å². The van der Waals surface area contributed by atoms with Crippen molar-refractivity contribution in [2.45, 2.75) is 58.6 Å². The lowest BCUT2D eigenvalue weighted by atomic mass is 9.90. The summed E-state index contributed by atoms with van der Waals surface area (Å²) in [4.78, 5) is 31.8. The minimum absolute atomic E-state index is 0.0330. The van der Waals surface area contributed by atoms with Gasteiger partial charge in [-0.25, -0.2) is 9.78 Å². The minimum Gasteiger partial charge on any atom is -0.489 e. The van der Waals surface area contributed by atoms with Gasteiger partial charge in [-0.1, -0.05) is 63.1 Å². The Morgan fingerprint density at radius 1 is 0.974 bits per heavy atom. The molecule has 2 N–H and O–H groups in total. The molecule has 2 aromatic carbocycles. The predicted molar refractivity (Wildman–Crippen MR) is 153 cm³/mol. The van der Waals surface area contributed by atoms with Gasteiger partial charge in [-0.05, 0) is 54.2 Å². The molecule has 0 aliphatic rings. The number of amides is 1. The van der Waals surface area contributed by atoms with E-state index in [1.54, 1.807) is 0 Å². The number of carboxylic acid groups (broad SMARTS) is 1. The van der Waals surface area contributed by atoms with E-state index < -0.39 is 5.97 Å². The summed E-state index contributed by atoms with van der Waals surface area (Å²) >= 11 is 1.46. The topological polar surface area (TPSA) is 101 Å². The zero-order valence-electron chi connectivity index (χ0n) is 22.2. The molecule has 7 nitrogen and oxygen atoms in total. The van der Waals surface area contributed by atoms with Crippen LogP contribution in [0.15, 0.2) is 72.2 Å². The number of hydrogen-bond acceptors (Lipinski definition) is 6. The lowest BCUT2D eigenvalue weighted by molar-refractivity contribution is 0.0695. The molecule has 0 bridgehead atoms. The highest BCUT2D eigenvalue weighted by Gasteiger charge is 2.12. The molecule has 0 atom stereocenters. The summed E-state index contributed by atoms with van der Waals surface area (Å²) in [5.74, 6) is 0.0235. The zero-order chi connectivity index (χ0) is 27.6. The first-order valence-electron chi connectivity index (χ1n) is 13.2. The van der Waals surface area contributed by atoms with Crippen LogP contribution in [0.1, 0.15) is 82.4 Å². The van der Waals surface area contributed by atoms with Gasteiger partial charge in [0.25, 0.3) is 5.91 Å². The molecule has 4 rings (SSSR count). The van der Waals surface area contributed by atoms with E-state index in [1.807, 2.05) is 29.6 Å². The summed E-state index contributed by atoms with van der Waals surface area (Å²) in [6.45, 7) is 5.23. The van der Waals surface area contributed by atoms with Gasteiger partial charge in [-0.15, -0.1) is 11.3 Å². The van der Waals surface area contributed by atoms with Crippen LogP contribution < -0.4 is 10.1 Å². The number of aromatic nitrogens is 2. The fraction of sp³-hybridized carbons (Fsp3) is 0.290. The average Bonchev–Trinajstić information content (AvgIpc) is 3.44. The van der Waals surface area contributed by atoms with Crippen molar-refractivity contribution in [1.29, 1.82) is 0 Å². The Morgan fingerprint density at radius 3 is 2.31 bits per heavy atom. The summed E-state index contributed by atoms with van der Waals surface area (Å²) in [5.41, 5.74) is 4.48. The number of carbonyl (C=O) groups is 2. The van der Waals surface area contributed by atoms with Crippen LogP contribution in [0.2, 0.25) is 0 Å². The second-order valence-electron chi connectivity index (χ2n) is 9.38. The number of nitrogens with zero attached hydrogens (tertiary/aromatic N) is 2. The number of carboxylic acids is 1. The van der Waals surface area contributed by atoms with E-state index >= 15 is 0 Å². The van der Waals surface area contributed by atoms with Gasteiger partial charge in [-0.2, -0.15) is 0 Å². The second-order valence-corrected chi connectivity index (χ2v) is 10.3. The number of ether oxygens (including phenoxy) is 1. The molecule has 39 heavy (non-hydrogen) atoms. The molecule has 2 aromatic heterocycles. The first-order chi connectivity index (χ1) is 19.0. The van der Waals surface area contributed by atoms with Crippen molar-refractivity contribution in [3.8, 4) is 17.0 Å². The first kappa shape index (κ1) is 28.0. The summed E-state index contributed by atoms with van der Waals surface area (Å²) in [5, 5.41) is 14.4. The van der Waals surface area contributed by atoms with Crippen LogP contribution in [0.25, 0.3) is 11.3 Å². The van der Waals surface area contributed by atoms with E-state index in [4.69, 9.17) is 9.84 Å². The van der Waals surface area contributed by atoms with Gasteiger partial charge in [-0.3, -0.25) is 9.78 Å². The highest BCUT2D eigenvalue weighted by molar-refractivity contribution is 7.09. The maximum Gasteiger partial charge on any atom is 0.337 e. The van der Waals surface area contributed by atoms with Crippen LogP contribution in [0.4, 0.5) is 0 Å². The lowest BCUT2D eigenvalue weighted by Crippen LogP contribution is -2.23. The van der Waals surface area contributed by atoms with Crippen LogP contribution >= 0.6 is 11.3 Å². The van der Waals surface area contributed by atoms with Gasteiger partial charge in [0.15, 0.2) is 0 Å². The van der Waals surface area contributed by atoms with E-state index in [9.17, 15) is 9.59 Å². The van der Waals surface area contributed by atoms with Crippen molar-refractivity contribution in [2.24, 2.45) is 0 Å². The van der Waals surface area contributed by atoms with Crippen LogP contribution in [0.5, 0.6) is 5.75 Å². The third-order valence-electron chi connectivity index (χ3n) is 6.48. The molecule has 0 unspecified atom stereocenters. The van der Waals surface area contributed by atoms with Crippen LogP contribution in [0, 0.1) is 0 Å². The summed E-state index contributed by atoms with van der Waals surface area (Å²) in [7, 11) is 0. The largest absolute Gasteiger partial charge is 0.489 e. The Labute approximate surface area is 232 Å². The standard InChI is InChI=1S/C31H33N3O4S/c1-3-5-22(6-4-2)23-11-14-26(15-12-23)38-19-21-7-9-24(10-8-21)28-20-39-29(34-28)18-33-30(35)27-16-13-25(17-32-27)31(36)37/h7-17,20,22H,3-6,18-19H2,1-2H3,(H,33,35)(H,36,37). The number of benzene rings is 2. The van der Waals surface area contributed by atoms with Crippen LogP contribution in [-0.2, 0) is 13.2 Å². The second kappa shape index (κ2) is 13.7. The fourth-order valence-corrected chi connectivity index (χ4v) is 5.12. The van der Waals surface area contributed by atoms with Gasteiger partial charge >= 0.3 is 5.97 Å². The molecule has 2 heterocycles. The Hall–Kier alpha value is -4.04. The van der Waals surface area contributed by atoms with Gasteiger partial charge in [0.05, 0.1) is 17.8 Å². The molecular weight excluding hydrogens is 510 g/mol. The molecule has 1 amide bonds. The number of pyridine rings is 1. The molecule has 4 aromatic rings. The number of carbonyl (C=O) groups excluding carboxylic acids is 1. The number of nitrogens with one attached hydrogen (secondary N) is 1. The van der Waals surface area contributed by atoms with Crippen molar-refractivity contribution in [2.75, 3.05) is 0 Å². The maximum absolute atomic E-state index is 12.3. The van der Waals surface area contributed by atoms with E-state index in [1.165, 1.54) is 60.9 Å². The number of thiazole rings is 1. The van der Waals surface area contributed by atoms with E-state index in [-0.39, 0.29) is 23.7 Å². The third-order valence-corrected chi connectivity index (χ3v) is 7.32. The molecule has 202 valence electrons. The molecule has 0 aliphatic heterocycles. The Morgan fingerprint density at radius 2 is 1.69 bits per heavy atom. The third kappa shape index (κ3) is 7.74. The SMILES string of the molecule is CCCC(CCC)c1ccc(OCc2ccc(-c3csc(CNC(=O)c4ccc(C(=O)O)cn4)n3)cc2)cc1. The lowest BCUT2D eigenvalue weighted by Gasteiger charge is -2.16. The number of hydrogen-bond donors (Lipinski definition) is 2. The van der Waals surface area contributed by atoms with E-state index in [0.717, 1.165) is 27.6 Å². The van der Waals surface area contributed by atoms with Crippen molar-refractivity contribution < 1.29 is 19.4 Å². The van der Waals surface area contributed by atoms with Crippen molar-refractivity contribution in [1.82, 2.24) is 15.3 Å². The summed E-state index contributed by atoms with van der Waals surface area (Å²) < 4.78 is 6.02. The van der Waals surface area contributed by atoms with Gasteiger partial charge in [0.2, 0.25) is 0 Å². The quantitative estimate of drug-likeness (QED) is 0.187. The zero-order valence-corrected chi connectivity index (χ0v) is 23.0. The highest BCUT2D eigenvalue weighted by Crippen LogP contribution is 2.28. The minimum atomic E-state index is -1.08. The van der Waals surface area contributed by atoms with Crippen molar-refractivity contribution >= 4 is 23.2 Å². The number of aromatic carboxylic acids is 1. The Bertz CT molecular complexity index is 1360. The maximum atomic E-state index is 12.3. The highest BCUT2D eigenvalue weighted by atomic mass is 32.1. The van der Waals surface area contributed by atoms with E-state index in [0.29, 0.717) is 12.5 Å². The summed E-state index contributed by atoms with van der Waals surface area (Å²) in [6.07, 6.45) is 6.00. The van der Waals surface area contributed by atoms with Gasteiger partial charge < -0.3 is 15.2 Å². The van der Waals surface area contributed by atoms with Crippen molar-refractivity contribution in [3.63, 3.8) is 0 Å². The molecule has 0 radical (unpaired) electrons. The Balaban J connectivity index is 1.28.